The van der Waals surface area contributed by atoms with Gasteiger partial charge in [0.1, 0.15) is 0 Å². The fraction of sp³-hybridized carbons (Fsp3) is 0.588. The van der Waals surface area contributed by atoms with E-state index in [-0.39, 0.29) is 10.8 Å². The zero-order valence-electron chi connectivity index (χ0n) is 14.7. The molecule has 0 bridgehead atoms. The van der Waals surface area contributed by atoms with Crippen LogP contribution in [-0.2, 0) is 14.8 Å². The highest BCUT2D eigenvalue weighted by Gasteiger charge is 2.24. The summed E-state index contributed by atoms with van der Waals surface area (Å²) in [5.41, 5.74) is 0.102. The van der Waals surface area contributed by atoms with E-state index in [0.717, 1.165) is 12.8 Å². The second-order valence-corrected chi connectivity index (χ2v) is 8.57. The molecule has 1 amide bonds. The van der Waals surface area contributed by atoms with E-state index in [9.17, 15) is 13.2 Å². The SMILES string of the molecule is CCCN(CCC)S(=O)(=O)c1ccc(NC(=O)C(C)(C)C)cc1. The van der Waals surface area contributed by atoms with Crippen LogP contribution in [0.25, 0.3) is 0 Å². The van der Waals surface area contributed by atoms with Crippen molar-refractivity contribution >= 4 is 21.6 Å². The molecule has 6 heteroatoms. The standard InChI is InChI=1S/C17H28N2O3S/c1-6-12-19(13-7-2)23(21,22)15-10-8-14(9-11-15)18-16(20)17(3,4)5/h8-11H,6-7,12-13H2,1-5H3,(H,18,20). The van der Waals surface area contributed by atoms with Gasteiger partial charge in [0.05, 0.1) is 4.90 Å². The maximum Gasteiger partial charge on any atom is 0.243 e. The second kappa shape index (κ2) is 7.93. The van der Waals surface area contributed by atoms with Crippen LogP contribution in [-0.4, -0.2) is 31.7 Å². The first kappa shape index (κ1) is 19.6. The largest absolute Gasteiger partial charge is 0.326 e. The molecule has 130 valence electrons. The Morgan fingerprint density at radius 3 is 1.91 bits per heavy atom. The van der Waals surface area contributed by atoms with E-state index in [1.807, 2.05) is 34.6 Å². The van der Waals surface area contributed by atoms with E-state index in [0.29, 0.717) is 18.8 Å². The Morgan fingerprint density at radius 1 is 1.04 bits per heavy atom. The predicted molar refractivity (Wildman–Crippen MR) is 93.9 cm³/mol. The van der Waals surface area contributed by atoms with Crippen LogP contribution in [0.2, 0.25) is 0 Å². The van der Waals surface area contributed by atoms with E-state index in [1.54, 1.807) is 24.3 Å². The lowest BCUT2D eigenvalue weighted by Crippen LogP contribution is -2.32. The third-order valence-electron chi connectivity index (χ3n) is 3.38. The minimum atomic E-state index is -3.48. The summed E-state index contributed by atoms with van der Waals surface area (Å²) in [7, 11) is -3.48. The highest BCUT2D eigenvalue weighted by Crippen LogP contribution is 2.21. The molecule has 0 aliphatic rings. The Bertz CT molecular complexity index is 610. The van der Waals surface area contributed by atoms with Crippen molar-refractivity contribution in [3.63, 3.8) is 0 Å². The predicted octanol–water partition coefficient (Wildman–Crippen LogP) is 3.48. The van der Waals surface area contributed by atoms with Crippen LogP contribution in [0.3, 0.4) is 0 Å². The summed E-state index contributed by atoms with van der Waals surface area (Å²) in [6, 6.07) is 6.36. The lowest BCUT2D eigenvalue weighted by atomic mass is 9.95. The van der Waals surface area contributed by atoms with Gasteiger partial charge in [-0.1, -0.05) is 34.6 Å². The normalized spacial score (nSPS) is 12.4. The number of anilines is 1. The third-order valence-corrected chi connectivity index (χ3v) is 5.29. The summed E-state index contributed by atoms with van der Waals surface area (Å²) in [5, 5.41) is 2.79. The van der Waals surface area contributed by atoms with Crippen LogP contribution in [0.4, 0.5) is 5.69 Å². The van der Waals surface area contributed by atoms with E-state index in [2.05, 4.69) is 5.32 Å². The number of benzene rings is 1. The molecular formula is C17H28N2O3S. The van der Waals surface area contributed by atoms with Crippen LogP contribution in [0, 0.1) is 5.41 Å². The van der Waals surface area contributed by atoms with Gasteiger partial charge in [0.15, 0.2) is 0 Å². The molecule has 0 saturated heterocycles. The van der Waals surface area contributed by atoms with Gasteiger partial charge in [0, 0.05) is 24.2 Å². The maximum absolute atomic E-state index is 12.6. The van der Waals surface area contributed by atoms with Crippen molar-refractivity contribution in [2.75, 3.05) is 18.4 Å². The van der Waals surface area contributed by atoms with E-state index >= 15 is 0 Å². The number of carbonyl (C=O) groups is 1. The molecule has 0 saturated carbocycles. The topological polar surface area (TPSA) is 66.5 Å². The molecule has 0 heterocycles. The van der Waals surface area contributed by atoms with Crippen LogP contribution >= 0.6 is 0 Å². The molecule has 0 spiro atoms. The molecular weight excluding hydrogens is 312 g/mol. The minimum absolute atomic E-state index is 0.105. The smallest absolute Gasteiger partial charge is 0.243 e. The summed E-state index contributed by atoms with van der Waals surface area (Å²) >= 11 is 0. The fourth-order valence-electron chi connectivity index (χ4n) is 2.03. The summed E-state index contributed by atoms with van der Waals surface area (Å²) in [6.07, 6.45) is 1.55. The maximum atomic E-state index is 12.6. The van der Waals surface area contributed by atoms with Crippen molar-refractivity contribution in [2.45, 2.75) is 52.4 Å². The molecule has 0 aliphatic carbocycles. The molecule has 0 aliphatic heterocycles. The number of rotatable bonds is 7. The molecule has 0 fully saturated rings. The van der Waals surface area contributed by atoms with Crippen molar-refractivity contribution in [3.8, 4) is 0 Å². The first-order valence-corrected chi connectivity index (χ1v) is 9.48. The van der Waals surface area contributed by atoms with Crippen molar-refractivity contribution in [1.82, 2.24) is 4.31 Å². The zero-order chi connectivity index (χ0) is 17.7. The van der Waals surface area contributed by atoms with Gasteiger partial charge < -0.3 is 5.32 Å². The first-order chi connectivity index (χ1) is 10.6. The van der Waals surface area contributed by atoms with Gasteiger partial charge in [-0.2, -0.15) is 4.31 Å². The Labute approximate surface area is 140 Å². The average Bonchev–Trinajstić information content (AvgIpc) is 2.46. The van der Waals surface area contributed by atoms with Gasteiger partial charge in [-0.3, -0.25) is 4.79 Å². The molecule has 23 heavy (non-hydrogen) atoms. The highest BCUT2D eigenvalue weighted by atomic mass is 32.2. The van der Waals surface area contributed by atoms with Gasteiger partial charge in [-0.15, -0.1) is 0 Å². The van der Waals surface area contributed by atoms with Crippen LogP contribution in [0.1, 0.15) is 47.5 Å². The van der Waals surface area contributed by atoms with E-state index in [1.165, 1.54) is 4.31 Å². The summed E-state index contributed by atoms with van der Waals surface area (Å²) in [6.45, 7) is 10.4. The molecule has 0 atom stereocenters. The number of hydrogen-bond acceptors (Lipinski definition) is 3. The number of amides is 1. The van der Waals surface area contributed by atoms with Crippen molar-refractivity contribution in [1.29, 1.82) is 0 Å². The van der Waals surface area contributed by atoms with Crippen molar-refractivity contribution in [2.24, 2.45) is 5.41 Å². The molecule has 0 radical (unpaired) electrons. The Morgan fingerprint density at radius 2 is 1.52 bits per heavy atom. The van der Waals surface area contributed by atoms with Crippen molar-refractivity contribution < 1.29 is 13.2 Å². The monoisotopic (exact) mass is 340 g/mol. The average molecular weight is 340 g/mol. The summed E-state index contributed by atoms with van der Waals surface area (Å²) < 4.78 is 26.8. The number of nitrogens with one attached hydrogen (secondary N) is 1. The Balaban J connectivity index is 2.96. The number of carbonyl (C=O) groups excluding carboxylic acids is 1. The van der Waals surface area contributed by atoms with E-state index in [4.69, 9.17) is 0 Å². The third kappa shape index (κ3) is 5.32. The molecule has 1 aromatic carbocycles. The lowest BCUT2D eigenvalue weighted by molar-refractivity contribution is -0.123. The van der Waals surface area contributed by atoms with E-state index < -0.39 is 15.4 Å². The molecule has 0 unspecified atom stereocenters. The molecule has 5 nitrogen and oxygen atoms in total. The van der Waals surface area contributed by atoms with Crippen LogP contribution in [0.5, 0.6) is 0 Å². The minimum Gasteiger partial charge on any atom is -0.326 e. The van der Waals surface area contributed by atoms with Gasteiger partial charge in [0.2, 0.25) is 15.9 Å². The molecule has 0 aromatic heterocycles. The number of sulfonamides is 1. The molecule has 1 aromatic rings. The van der Waals surface area contributed by atoms with Gasteiger partial charge in [-0.25, -0.2) is 8.42 Å². The summed E-state index contributed by atoms with van der Waals surface area (Å²) in [4.78, 5) is 12.2. The quantitative estimate of drug-likeness (QED) is 0.826. The molecule has 1 rings (SSSR count). The number of nitrogens with zero attached hydrogens (tertiary/aromatic N) is 1. The van der Waals surface area contributed by atoms with Crippen molar-refractivity contribution in [3.05, 3.63) is 24.3 Å². The van der Waals surface area contributed by atoms with Gasteiger partial charge in [0.25, 0.3) is 0 Å². The van der Waals surface area contributed by atoms with Gasteiger partial charge >= 0.3 is 0 Å². The zero-order valence-corrected chi connectivity index (χ0v) is 15.5. The highest BCUT2D eigenvalue weighted by molar-refractivity contribution is 7.89. The summed E-state index contributed by atoms with van der Waals surface area (Å²) in [5.74, 6) is -0.105. The second-order valence-electron chi connectivity index (χ2n) is 6.63. The Kier molecular flexibility index (Phi) is 6.77. The van der Waals surface area contributed by atoms with Crippen LogP contribution < -0.4 is 5.32 Å². The molecule has 1 N–H and O–H groups in total. The lowest BCUT2D eigenvalue weighted by Gasteiger charge is -2.21. The van der Waals surface area contributed by atoms with Gasteiger partial charge in [-0.05, 0) is 37.1 Å². The fourth-order valence-corrected chi connectivity index (χ4v) is 3.65. The van der Waals surface area contributed by atoms with Crippen LogP contribution in [0.15, 0.2) is 29.2 Å². The number of hydrogen-bond donors (Lipinski definition) is 1. The Hall–Kier alpha value is -1.40. The first-order valence-electron chi connectivity index (χ1n) is 8.04.